The number of hydrogen-bond acceptors (Lipinski definition) is 5. The molecule has 0 aliphatic carbocycles. The second kappa shape index (κ2) is 9.82. The Kier molecular flexibility index (Phi) is 8.36. The van der Waals surface area contributed by atoms with Gasteiger partial charge in [-0.2, -0.15) is 0 Å². The first kappa shape index (κ1) is 17.0. The van der Waals surface area contributed by atoms with Crippen molar-refractivity contribution in [2.45, 2.75) is 0 Å². The number of nitrogens with one attached hydrogen (secondary N) is 1. The van der Waals surface area contributed by atoms with Gasteiger partial charge >= 0.3 is 0 Å². The monoisotopic (exact) mass is 345 g/mol. The summed E-state index contributed by atoms with van der Waals surface area (Å²) in [6.45, 7) is 2.80. The second-order valence-corrected chi connectivity index (χ2v) is 5.09. The summed E-state index contributed by atoms with van der Waals surface area (Å²) >= 11 is 3.30. The molecule has 0 aliphatic rings. The molecule has 1 heterocycles. The Morgan fingerprint density at radius 1 is 1.30 bits per heavy atom. The molecule has 0 saturated heterocycles. The van der Waals surface area contributed by atoms with Gasteiger partial charge in [0.1, 0.15) is 5.82 Å². The number of amides is 1. The zero-order valence-corrected chi connectivity index (χ0v) is 13.4. The van der Waals surface area contributed by atoms with E-state index in [2.05, 4.69) is 26.2 Å². The molecule has 0 unspecified atom stereocenters. The lowest BCUT2D eigenvalue weighted by molar-refractivity contribution is -0.117. The van der Waals surface area contributed by atoms with Gasteiger partial charge in [-0.05, 0) is 28.1 Å². The number of carbonyl (C=O) groups excluding carboxylic acids is 1. The molecule has 6 nitrogen and oxygen atoms in total. The van der Waals surface area contributed by atoms with E-state index in [9.17, 15) is 4.79 Å². The first-order valence-corrected chi connectivity index (χ1v) is 7.06. The van der Waals surface area contributed by atoms with Crippen molar-refractivity contribution >= 4 is 27.7 Å². The molecule has 0 spiro atoms. The van der Waals surface area contributed by atoms with Crippen LogP contribution in [-0.4, -0.2) is 62.9 Å². The Bertz CT molecular complexity index is 392. The Morgan fingerprint density at radius 2 is 1.95 bits per heavy atom. The largest absolute Gasteiger partial charge is 0.383 e. The van der Waals surface area contributed by atoms with Gasteiger partial charge in [-0.1, -0.05) is 0 Å². The summed E-state index contributed by atoms with van der Waals surface area (Å²) in [6, 6.07) is 3.58. The van der Waals surface area contributed by atoms with E-state index in [0.717, 1.165) is 4.47 Å². The number of carbonyl (C=O) groups is 1. The summed E-state index contributed by atoms with van der Waals surface area (Å²) in [5.74, 6) is 0.434. The fourth-order valence-electron chi connectivity index (χ4n) is 1.55. The van der Waals surface area contributed by atoms with Crippen molar-refractivity contribution in [2.24, 2.45) is 0 Å². The molecule has 0 aliphatic heterocycles. The number of anilines is 1. The number of rotatable bonds is 9. The number of pyridine rings is 1. The molecule has 0 radical (unpaired) electrons. The molecule has 1 aromatic rings. The smallest absolute Gasteiger partial charge is 0.239 e. The standard InChI is InChI=1S/C13H20BrN3O3/c1-19-7-5-17(6-8-20-2)10-13(18)16-12-4-3-11(14)9-15-12/h3-4,9H,5-8,10H2,1-2H3,(H,15,16,18). The Labute approximate surface area is 127 Å². The number of methoxy groups -OCH3 is 2. The summed E-state index contributed by atoms with van der Waals surface area (Å²) in [6.07, 6.45) is 1.64. The minimum atomic E-state index is -0.105. The average molecular weight is 346 g/mol. The van der Waals surface area contributed by atoms with Crippen molar-refractivity contribution in [2.75, 3.05) is 52.4 Å². The first-order valence-electron chi connectivity index (χ1n) is 6.27. The zero-order chi connectivity index (χ0) is 14.8. The van der Waals surface area contributed by atoms with Crippen LogP contribution < -0.4 is 5.32 Å². The average Bonchev–Trinajstić information content (AvgIpc) is 2.44. The van der Waals surface area contributed by atoms with Gasteiger partial charge in [0.05, 0.1) is 19.8 Å². The van der Waals surface area contributed by atoms with Gasteiger partial charge in [0, 0.05) is 38.0 Å². The van der Waals surface area contributed by atoms with Crippen LogP contribution in [0.1, 0.15) is 0 Å². The van der Waals surface area contributed by atoms with E-state index < -0.39 is 0 Å². The number of nitrogens with zero attached hydrogens (tertiary/aromatic N) is 2. The highest BCUT2D eigenvalue weighted by Crippen LogP contribution is 2.10. The molecule has 1 aromatic heterocycles. The van der Waals surface area contributed by atoms with Gasteiger partial charge in [0.25, 0.3) is 0 Å². The predicted molar refractivity (Wildman–Crippen MR) is 80.8 cm³/mol. The summed E-state index contributed by atoms with van der Waals surface area (Å²) in [5.41, 5.74) is 0. The minimum Gasteiger partial charge on any atom is -0.383 e. The van der Waals surface area contributed by atoms with E-state index in [-0.39, 0.29) is 12.5 Å². The molecule has 0 bridgehead atoms. The third kappa shape index (κ3) is 6.95. The van der Waals surface area contributed by atoms with E-state index in [1.807, 2.05) is 11.0 Å². The van der Waals surface area contributed by atoms with Crippen LogP contribution >= 0.6 is 15.9 Å². The number of hydrogen-bond donors (Lipinski definition) is 1. The summed E-state index contributed by atoms with van der Waals surface area (Å²) in [4.78, 5) is 18.0. The van der Waals surface area contributed by atoms with Crippen LogP contribution in [0, 0.1) is 0 Å². The van der Waals surface area contributed by atoms with E-state index in [0.29, 0.717) is 32.1 Å². The SMILES string of the molecule is COCCN(CCOC)CC(=O)Nc1ccc(Br)cn1. The van der Waals surface area contributed by atoms with Crippen LogP contribution in [0.15, 0.2) is 22.8 Å². The molecule has 0 saturated carbocycles. The topological polar surface area (TPSA) is 63.7 Å². The molecule has 20 heavy (non-hydrogen) atoms. The maximum atomic E-state index is 11.9. The Balaban J connectivity index is 2.45. The van der Waals surface area contributed by atoms with Crippen molar-refractivity contribution in [3.8, 4) is 0 Å². The molecule has 112 valence electrons. The molecular formula is C13H20BrN3O3. The zero-order valence-electron chi connectivity index (χ0n) is 11.8. The normalized spacial score (nSPS) is 10.8. The summed E-state index contributed by atoms with van der Waals surface area (Å²) in [5, 5.41) is 2.76. The van der Waals surface area contributed by atoms with E-state index >= 15 is 0 Å². The van der Waals surface area contributed by atoms with Gasteiger partial charge in [-0.25, -0.2) is 4.98 Å². The quantitative estimate of drug-likeness (QED) is 0.732. The predicted octanol–water partition coefficient (Wildman–Crippen LogP) is 1.38. The van der Waals surface area contributed by atoms with Crippen LogP contribution in [0.2, 0.25) is 0 Å². The Hall–Kier alpha value is -1.02. The highest BCUT2D eigenvalue weighted by atomic mass is 79.9. The van der Waals surface area contributed by atoms with Gasteiger partial charge < -0.3 is 14.8 Å². The maximum Gasteiger partial charge on any atom is 0.239 e. The molecule has 0 atom stereocenters. The van der Waals surface area contributed by atoms with Gasteiger partial charge in [0.2, 0.25) is 5.91 Å². The molecule has 0 fully saturated rings. The van der Waals surface area contributed by atoms with Crippen LogP contribution in [0.3, 0.4) is 0 Å². The maximum absolute atomic E-state index is 11.9. The molecule has 0 aromatic carbocycles. The third-order valence-corrected chi connectivity index (χ3v) is 3.05. The van der Waals surface area contributed by atoms with Crippen molar-refractivity contribution < 1.29 is 14.3 Å². The molecule has 1 N–H and O–H groups in total. The minimum absolute atomic E-state index is 0.105. The third-order valence-electron chi connectivity index (χ3n) is 2.59. The summed E-state index contributed by atoms with van der Waals surface area (Å²) < 4.78 is 10.9. The van der Waals surface area contributed by atoms with Gasteiger partial charge in [0.15, 0.2) is 0 Å². The van der Waals surface area contributed by atoms with Crippen molar-refractivity contribution in [3.63, 3.8) is 0 Å². The summed E-state index contributed by atoms with van der Waals surface area (Å²) in [7, 11) is 3.28. The molecule has 1 rings (SSSR count). The van der Waals surface area contributed by atoms with Crippen LogP contribution in [0.25, 0.3) is 0 Å². The van der Waals surface area contributed by atoms with Crippen molar-refractivity contribution in [1.29, 1.82) is 0 Å². The number of halogens is 1. The lowest BCUT2D eigenvalue weighted by Gasteiger charge is -2.20. The highest BCUT2D eigenvalue weighted by Gasteiger charge is 2.11. The highest BCUT2D eigenvalue weighted by molar-refractivity contribution is 9.10. The van der Waals surface area contributed by atoms with Crippen molar-refractivity contribution in [3.05, 3.63) is 22.8 Å². The lowest BCUT2D eigenvalue weighted by atomic mass is 10.4. The lowest BCUT2D eigenvalue weighted by Crippen LogP contribution is -2.37. The molecule has 7 heteroatoms. The second-order valence-electron chi connectivity index (χ2n) is 4.17. The number of ether oxygens (including phenoxy) is 2. The van der Waals surface area contributed by atoms with E-state index in [1.165, 1.54) is 0 Å². The fourth-order valence-corrected chi connectivity index (χ4v) is 1.78. The van der Waals surface area contributed by atoms with E-state index in [1.54, 1.807) is 26.5 Å². The van der Waals surface area contributed by atoms with Crippen LogP contribution in [0.5, 0.6) is 0 Å². The molecular weight excluding hydrogens is 326 g/mol. The first-order chi connectivity index (χ1) is 9.65. The molecule has 1 amide bonds. The fraction of sp³-hybridized carbons (Fsp3) is 0.538. The van der Waals surface area contributed by atoms with Gasteiger partial charge in [-0.3, -0.25) is 9.69 Å². The van der Waals surface area contributed by atoms with Crippen LogP contribution in [0.4, 0.5) is 5.82 Å². The van der Waals surface area contributed by atoms with Crippen LogP contribution in [-0.2, 0) is 14.3 Å². The van der Waals surface area contributed by atoms with Gasteiger partial charge in [-0.15, -0.1) is 0 Å². The number of aromatic nitrogens is 1. The Morgan fingerprint density at radius 3 is 2.45 bits per heavy atom. The van der Waals surface area contributed by atoms with E-state index in [4.69, 9.17) is 9.47 Å². The van der Waals surface area contributed by atoms with Crippen molar-refractivity contribution in [1.82, 2.24) is 9.88 Å².